The first-order valence-electron chi connectivity index (χ1n) is 9.44. The Morgan fingerprint density at radius 3 is 2.47 bits per heavy atom. The van der Waals surface area contributed by atoms with E-state index in [0.717, 1.165) is 22.6 Å². The van der Waals surface area contributed by atoms with Gasteiger partial charge in [-0.25, -0.2) is 4.98 Å². The predicted molar refractivity (Wildman–Crippen MR) is 100 cm³/mol. The Labute approximate surface area is 168 Å². The molecule has 0 atom stereocenters. The van der Waals surface area contributed by atoms with Crippen molar-refractivity contribution in [2.75, 3.05) is 36.0 Å². The number of hydrogen-bond acceptors (Lipinski definition) is 8. The zero-order chi connectivity index (χ0) is 20.9. The van der Waals surface area contributed by atoms with Crippen molar-refractivity contribution in [3.63, 3.8) is 0 Å². The molecule has 4 aromatic heterocycles. The second-order valence-electron chi connectivity index (χ2n) is 6.87. The molecule has 1 fully saturated rings. The van der Waals surface area contributed by atoms with E-state index in [-0.39, 0.29) is 5.65 Å². The summed E-state index contributed by atoms with van der Waals surface area (Å²) in [7, 11) is 0. The molecule has 0 aliphatic carbocycles. The summed E-state index contributed by atoms with van der Waals surface area (Å²) >= 11 is 0. The summed E-state index contributed by atoms with van der Waals surface area (Å²) in [5, 5.41) is 19.3. The van der Waals surface area contributed by atoms with Crippen LogP contribution in [0.15, 0.2) is 24.5 Å². The highest BCUT2D eigenvalue weighted by atomic mass is 19.4. The Hall–Kier alpha value is -3.51. The highest BCUT2D eigenvalue weighted by Crippen LogP contribution is 2.28. The molecule has 0 saturated carbocycles. The average Bonchev–Trinajstić information content (AvgIpc) is 3.37. The standard InChI is InChI=1S/C17H17F3N10/c1-2-11-22-24-15-14(21-5-6-29(11)15)28-9-7-27(8-10-28)13-4-3-12-23-25-16(17(18,19)20)30(12)26-13/h3-6H,2,7-10H2,1H3. The normalized spacial score (nSPS) is 15.5. The van der Waals surface area contributed by atoms with Crippen LogP contribution in [0.1, 0.15) is 18.6 Å². The Morgan fingerprint density at radius 1 is 0.967 bits per heavy atom. The van der Waals surface area contributed by atoms with Crippen LogP contribution in [0.25, 0.3) is 11.3 Å². The molecule has 13 heteroatoms. The maximum Gasteiger partial charge on any atom is 0.453 e. The zero-order valence-electron chi connectivity index (χ0n) is 16.0. The SMILES string of the molecule is CCc1nnc2c(N3CCN(c4ccc5nnc(C(F)(F)F)n5n4)CC3)nccn12. The first kappa shape index (κ1) is 18.5. The minimum atomic E-state index is -4.62. The molecular formula is C17H17F3N10. The molecule has 0 aromatic carbocycles. The van der Waals surface area contributed by atoms with E-state index in [9.17, 15) is 13.2 Å². The first-order chi connectivity index (χ1) is 14.5. The van der Waals surface area contributed by atoms with Crippen molar-refractivity contribution in [2.45, 2.75) is 19.5 Å². The lowest BCUT2D eigenvalue weighted by atomic mass is 10.3. The third kappa shape index (κ3) is 2.97. The summed E-state index contributed by atoms with van der Waals surface area (Å²) in [6.07, 6.45) is -0.304. The van der Waals surface area contributed by atoms with Crippen LogP contribution in [0.4, 0.5) is 24.8 Å². The molecule has 0 amide bonds. The molecule has 0 N–H and O–H groups in total. The highest BCUT2D eigenvalue weighted by molar-refractivity contribution is 5.64. The van der Waals surface area contributed by atoms with Crippen LogP contribution in [-0.2, 0) is 12.6 Å². The van der Waals surface area contributed by atoms with Crippen molar-refractivity contribution >= 4 is 22.9 Å². The minimum absolute atomic E-state index is 0.0547. The lowest BCUT2D eigenvalue weighted by molar-refractivity contribution is -0.146. The molecule has 0 bridgehead atoms. The molecule has 5 heterocycles. The quantitative estimate of drug-likeness (QED) is 0.494. The summed E-state index contributed by atoms with van der Waals surface area (Å²) in [6.45, 7) is 4.39. The lowest BCUT2D eigenvalue weighted by Gasteiger charge is -2.35. The number of nitrogens with zero attached hydrogens (tertiary/aromatic N) is 10. The van der Waals surface area contributed by atoms with Crippen LogP contribution in [0.5, 0.6) is 0 Å². The van der Waals surface area contributed by atoms with Gasteiger partial charge >= 0.3 is 6.18 Å². The van der Waals surface area contributed by atoms with Gasteiger partial charge in [-0.2, -0.15) is 17.7 Å². The van der Waals surface area contributed by atoms with Crippen molar-refractivity contribution in [3.05, 3.63) is 36.2 Å². The minimum Gasteiger partial charge on any atom is -0.352 e. The number of alkyl halides is 3. The Bertz CT molecular complexity index is 1210. The van der Waals surface area contributed by atoms with Crippen molar-refractivity contribution in [1.29, 1.82) is 0 Å². The largest absolute Gasteiger partial charge is 0.453 e. The van der Waals surface area contributed by atoms with Crippen LogP contribution in [0, 0.1) is 0 Å². The number of hydrogen-bond donors (Lipinski definition) is 0. The second kappa shape index (κ2) is 6.78. The van der Waals surface area contributed by atoms with Crippen LogP contribution in [-0.4, -0.2) is 65.6 Å². The summed E-state index contributed by atoms with van der Waals surface area (Å²) in [5.41, 5.74) is 0.751. The van der Waals surface area contributed by atoms with E-state index in [4.69, 9.17) is 0 Å². The smallest absolute Gasteiger partial charge is 0.352 e. The van der Waals surface area contributed by atoms with Gasteiger partial charge in [0.2, 0.25) is 5.65 Å². The average molecular weight is 418 g/mol. The molecule has 156 valence electrons. The van der Waals surface area contributed by atoms with Crippen LogP contribution < -0.4 is 9.80 Å². The molecule has 1 saturated heterocycles. The van der Waals surface area contributed by atoms with Gasteiger partial charge in [0.25, 0.3) is 5.82 Å². The van der Waals surface area contributed by atoms with Crippen molar-refractivity contribution in [1.82, 2.24) is 39.4 Å². The fourth-order valence-corrected chi connectivity index (χ4v) is 3.60. The van der Waals surface area contributed by atoms with E-state index in [1.54, 1.807) is 12.3 Å². The van der Waals surface area contributed by atoms with Gasteiger partial charge in [0, 0.05) is 45.0 Å². The maximum absolute atomic E-state index is 13.1. The molecule has 10 nitrogen and oxygen atoms in total. The number of piperazine rings is 1. The summed E-state index contributed by atoms with van der Waals surface area (Å²) in [6, 6.07) is 3.15. The van der Waals surface area contributed by atoms with Gasteiger partial charge < -0.3 is 9.80 Å². The first-order valence-corrected chi connectivity index (χ1v) is 9.44. The molecule has 30 heavy (non-hydrogen) atoms. The van der Waals surface area contributed by atoms with Gasteiger partial charge in [0.15, 0.2) is 11.5 Å². The van der Waals surface area contributed by atoms with E-state index in [2.05, 4.69) is 35.4 Å². The summed E-state index contributed by atoms with van der Waals surface area (Å²) in [4.78, 5) is 8.50. The van der Waals surface area contributed by atoms with Gasteiger partial charge in [-0.15, -0.1) is 25.5 Å². The maximum atomic E-state index is 13.1. The topological polar surface area (TPSA) is 92.6 Å². The number of aromatic nitrogens is 8. The molecule has 4 aromatic rings. The van der Waals surface area contributed by atoms with E-state index >= 15 is 0 Å². The number of aryl methyl sites for hydroxylation is 1. The highest BCUT2D eigenvalue weighted by Gasteiger charge is 2.38. The van der Waals surface area contributed by atoms with E-state index < -0.39 is 12.0 Å². The fourth-order valence-electron chi connectivity index (χ4n) is 3.60. The number of rotatable bonds is 3. The van der Waals surface area contributed by atoms with Crippen LogP contribution in [0.3, 0.4) is 0 Å². The third-order valence-corrected chi connectivity index (χ3v) is 5.10. The van der Waals surface area contributed by atoms with E-state index in [0.29, 0.717) is 37.6 Å². The van der Waals surface area contributed by atoms with Gasteiger partial charge in [0.05, 0.1) is 0 Å². The lowest BCUT2D eigenvalue weighted by Crippen LogP contribution is -2.47. The fraction of sp³-hybridized carbons (Fsp3) is 0.412. The number of fused-ring (bicyclic) bond motifs is 2. The molecule has 0 spiro atoms. The van der Waals surface area contributed by atoms with Gasteiger partial charge in [-0.3, -0.25) is 4.40 Å². The monoisotopic (exact) mass is 418 g/mol. The van der Waals surface area contributed by atoms with E-state index in [1.807, 2.05) is 22.4 Å². The Morgan fingerprint density at radius 2 is 1.73 bits per heavy atom. The number of anilines is 2. The van der Waals surface area contributed by atoms with E-state index in [1.165, 1.54) is 6.07 Å². The van der Waals surface area contributed by atoms with Gasteiger partial charge in [0.1, 0.15) is 11.6 Å². The van der Waals surface area contributed by atoms with Gasteiger partial charge in [-0.1, -0.05) is 6.92 Å². The number of halogens is 3. The molecule has 1 aliphatic rings. The Balaban J connectivity index is 1.38. The molecule has 0 radical (unpaired) electrons. The molecule has 5 rings (SSSR count). The van der Waals surface area contributed by atoms with Crippen molar-refractivity contribution < 1.29 is 13.2 Å². The summed E-state index contributed by atoms with van der Waals surface area (Å²) in [5.74, 6) is 0.909. The van der Waals surface area contributed by atoms with Crippen molar-refractivity contribution in [3.8, 4) is 0 Å². The molecule has 1 aliphatic heterocycles. The summed E-state index contributed by atoms with van der Waals surface area (Å²) < 4.78 is 42.0. The Kier molecular flexibility index (Phi) is 4.18. The second-order valence-corrected chi connectivity index (χ2v) is 6.87. The third-order valence-electron chi connectivity index (χ3n) is 5.10. The molecule has 0 unspecified atom stereocenters. The molecular weight excluding hydrogens is 401 g/mol. The predicted octanol–water partition coefficient (Wildman–Crippen LogP) is 1.47. The van der Waals surface area contributed by atoms with Crippen LogP contribution >= 0.6 is 0 Å². The zero-order valence-corrected chi connectivity index (χ0v) is 16.0. The van der Waals surface area contributed by atoms with Gasteiger partial charge in [-0.05, 0) is 12.1 Å². The van der Waals surface area contributed by atoms with Crippen molar-refractivity contribution in [2.24, 2.45) is 0 Å². The van der Waals surface area contributed by atoms with Crippen LogP contribution in [0.2, 0.25) is 0 Å².